The van der Waals surface area contributed by atoms with Gasteiger partial charge in [0.2, 0.25) is 0 Å². The number of hydrogen-bond donors (Lipinski definition) is 0. The Morgan fingerprint density at radius 2 is 2.14 bits per heavy atom. The number of fused-ring (bicyclic) bond motifs is 1. The highest BCUT2D eigenvalue weighted by molar-refractivity contribution is 5.88. The summed E-state index contributed by atoms with van der Waals surface area (Å²) in [5, 5.41) is 0.849. The van der Waals surface area contributed by atoms with Crippen molar-refractivity contribution in [3.8, 4) is 0 Å². The fourth-order valence-corrected chi connectivity index (χ4v) is 1.36. The standard InChI is InChI=1S/C11H10FNO/c1-7(8(2)12)11-9-4-6-14-10(9)3-5-13-11/h3-6H,1-2H3/b8-7-. The van der Waals surface area contributed by atoms with E-state index >= 15 is 0 Å². The van der Waals surface area contributed by atoms with Crippen molar-refractivity contribution >= 4 is 16.5 Å². The molecule has 72 valence electrons. The van der Waals surface area contributed by atoms with E-state index in [1.807, 2.05) is 0 Å². The zero-order valence-corrected chi connectivity index (χ0v) is 8.04. The summed E-state index contributed by atoms with van der Waals surface area (Å²) < 4.78 is 18.2. The van der Waals surface area contributed by atoms with Gasteiger partial charge in [-0.05, 0) is 26.0 Å². The second-order valence-corrected chi connectivity index (χ2v) is 3.15. The number of aromatic nitrogens is 1. The van der Waals surface area contributed by atoms with Crippen LogP contribution in [0.25, 0.3) is 16.5 Å². The molecule has 0 radical (unpaired) electrons. The highest BCUT2D eigenvalue weighted by Gasteiger charge is 2.08. The molecule has 2 aromatic rings. The molecule has 0 aromatic carbocycles. The van der Waals surface area contributed by atoms with Gasteiger partial charge in [0.25, 0.3) is 0 Å². The molecule has 2 nitrogen and oxygen atoms in total. The third-order valence-electron chi connectivity index (χ3n) is 2.25. The first-order chi connectivity index (χ1) is 6.70. The van der Waals surface area contributed by atoms with E-state index in [2.05, 4.69) is 4.98 Å². The van der Waals surface area contributed by atoms with Crippen molar-refractivity contribution in [3.63, 3.8) is 0 Å². The van der Waals surface area contributed by atoms with Gasteiger partial charge in [-0.2, -0.15) is 0 Å². The van der Waals surface area contributed by atoms with Gasteiger partial charge in [-0.15, -0.1) is 0 Å². The Labute approximate surface area is 81.1 Å². The Balaban J connectivity index is 2.74. The van der Waals surface area contributed by atoms with Crippen LogP contribution in [0.15, 0.2) is 34.8 Å². The van der Waals surface area contributed by atoms with Crippen LogP contribution in [0, 0.1) is 0 Å². The molecule has 0 aliphatic carbocycles. The molecule has 0 saturated carbocycles. The van der Waals surface area contributed by atoms with E-state index in [0.717, 1.165) is 11.0 Å². The maximum absolute atomic E-state index is 13.0. The highest BCUT2D eigenvalue weighted by Crippen LogP contribution is 2.25. The molecule has 0 atom stereocenters. The minimum atomic E-state index is -0.216. The summed E-state index contributed by atoms with van der Waals surface area (Å²) in [7, 11) is 0. The molecule has 0 amide bonds. The normalized spacial score (nSPS) is 13.1. The van der Waals surface area contributed by atoms with Crippen LogP contribution < -0.4 is 0 Å². The van der Waals surface area contributed by atoms with Gasteiger partial charge in [0.15, 0.2) is 0 Å². The van der Waals surface area contributed by atoms with Crippen LogP contribution in [-0.2, 0) is 0 Å². The fourth-order valence-electron chi connectivity index (χ4n) is 1.36. The quantitative estimate of drug-likeness (QED) is 0.688. The van der Waals surface area contributed by atoms with Crippen LogP contribution >= 0.6 is 0 Å². The molecular formula is C11H10FNO. The van der Waals surface area contributed by atoms with E-state index < -0.39 is 0 Å². The van der Waals surface area contributed by atoms with Crippen molar-refractivity contribution in [2.45, 2.75) is 13.8 Å². The maximum Gasteiger partial charge on any atom is 0.137 e. The van der Waals surface area contributed by atoms with Crippen LogP contribution in [0.5, 0.6) is 0 Å². The van der Waals surface area contributed by atoms with Crippen LogP contribution in [0.4, 0.5) is 4.39 Å². The average Bonchev–Trinajstić information content (AvgIpc) is 2.63. The van der Waals surface area contributed by atoms with Gasteiger partial charge in [0, 0.05) is 17.2 Å². The smallest absolute Gasteiger partial charge is 0.137 e. The molecule has 0 bridgehead atoms. The lowest BCUT2D eigenvalue weighted by molar-refractivity contribution is 0.615. The summed E-state index contributed by atoms with van der Waals surface area (Å²) >= 11 is 0. The Kier molecular flexibility index (Phi) is 2.08. The third kappa shape index (κ3) is 1.31. The predicted octanol–water partition coefficient (Wildman–Crippen LogP) is 3.55. The number of nitrogens with zero attached hydrogens (tertiary/aromatic N) is 1. The Morgan fingerprint density at radius 1 is 1.36 bits per heavy atom. The summed E-state index contributed by atoms with van der Waals surface area (Å²) in [5.74, 6) is -0.216. The van der Waals surface area contributed by atoms with E-state index in [0.29, 0.717) is 11.3 Å². The lowest BCUT2D eigenvalue weighted by Crippen LogP contribution is -1.87. The van der Waals surface area contributed by atoms with Gasteiger partial charge in [-0.1, -0.05) is 0 Å². The van der Waals surface area contributed by atoms with E-state index in [-0.39, 0.29) is 5.83 Å². The topological polar surface area (TPSA) is 26.0 Å². The van der Waals surface area contributed by atoms with Crippen LogP contribution in [0.1, 0.15) is 19.5 Å². The summed E-state index contributed by atoms with van der Waals surface area (Å²) in [4.78, 5) is 4.14. The molecule has 0 N–H and O–H groups in total. The number of halogens is 1. The fraction of sp³-hybridized carbons (Fsp3) is 0.182. The molecule has 0 aliphatic rings. The zero-order valence-electron chi connectivity index (χ0n) is 8.04. The number of pyridine rings is 1. The van der Waals surface area contributed by atoms with Crippen LogP contribution in [0.3, 0.4) is 0 Å². The lowest BCUT2D eigenvalue weighted by Gasteiger charge is -2.01. The van der Waals surface area contributed by atoms with Crippen molar-refractivity contribution in [2.24, 2.45) is 0 Å². The highest BCUT2D eigenvalue weighted by atomic mass is 19.1. The van der Waals surface area contributed by atoms with Crippen molar-refractivity contribution < 1.29 is 8.81 Å². The molecule has 0 saturated heterocycles. The van der Waals surface area contributed by atoms with E-state index in [9.17, 15) is 4.39 Å². The molecular weight excluding hydrogens is 181 g/mol. The Morgan fingerprint density at radius 3 is 2.86 bits per heavy atom. The number of hydrogen-bond acceptors (Lipinski definition) is 2. The molecule has 0 aliphatic heterocycles. The second kappa shape index (κ2) is 3.25. The average molecular weight is 191 g/mol. The molecule has 2 aromatic heterocycles. The van der Waals surface area contributed by atoms with E-state index in [1.165, 1.54) is 6.92 Å². The molecule has 0 fully saturated rings. The van der Waals surface area contributed by atoms with Crippen LogP contribution in [0.2, 0.25) is 0 Å². The first-order valence-electron chi connectivity index (χ1n) is 4.35. The molecule has 3 heteroatoms. The first-order valence-corrected chi connectivity index (χ1v) is 4.35. The number of furan rings is 1. The summed E-state index contributed by atoms with van der Waals surface area (Å²) in [6.45, 7) is 3.14. The lowest BCUT2D eigenvalue weighted by atomic mass is 10.1. The monoisotopic (exact) mass is 191 g/mol. The van der Waals surface area contributed by atoms with E-state index in [4.69, 9.17) is 4.42 Å². The first kappa shape index (κ1) is 8.94. The van der Waals surface area contributed by atoms with Gasteiger partial charge in [0.05, 0.1) is 12.0 Å². The van der Waals surface area contributed by atoms with Gasteiger partial charge >= 0.3 is 0 Å². The number of allylic oxidation sites excluding steroid dienone is 2. The molecule has 2 rings (SSSR count). The minimum absolute atomic E-state index is 0.216. The second-order valence-electron chi connectivity index (χ2n) is 3.15. The van der Waals surface area contributed by atoms with Crippen molar-refractivity contribution in [1.82, 2.24) is 4.98 Å². The van der Waals surface area contributed by atoms with E-state index in [1.54, 1.807) is 31.5 Å². The van der Waals surface area contributed by atoms with Gasteiger partial charge in [-0.25, -0.2) is 4.39 Å². The molecule has 0 spiro atoms. The van der Waals surface area contributed by atoms with Gasteiger partial charge in [-0.3, -0.25) is 4.98 Å². The van der Waals surface area contributed by atoms with Gasteiger partial charge in [0.1, 0.15) is 11.4 Å². The largest absolute Gasteiger partial charge is 0.464 e. The Bertz CT molecular complexity index is 495. The molecule has 0 unspecified atom stereocenters. The molecule has 14 heavy (non-hydrogen) atoms. The van der Waals surface area contributed by atoms with Crippen molar-refractivity contribution in [3.05, 3.63) is 36.1 Å². The maximum atomic E-state index is 13.0. The SMILES string of the molecule is C/C(F)=C(\C)c1nccc2occc12. The summed E-state index contributed by atoms with van der Waals surface area (Å²) in [5.41, 5.74) is 1.93. The zero-order chi connectivity index (χ0) is 10.1. The minimum Gasteiger partial charge on any atom is -0.464 e. The van der Waals surface area contributed by atoms with Crippen molar-refractivity contribution in [2.75, 3.05) is 0 Å². The van der Waals surface area contributed by atoms with Gasteiger partial charge < -0.3 is 4.42 Å². The third-order valence-corrected chi connectivity index (χ3v) is 2.25. The number of rotatable bonds is 1. The van der Waals surface area contributed by atoms with Crippen molar-refractivity contribution in [1.29, 1.82) is 0 Å². The Hall–Kier alpha value is -1.64. The summed E-state index contributed by atoms with van der Waals surface area (Å²) in [6.07, 6.45) is 3.20. The predicted molar refractivity (Wildman–Crippen MR) is 53.4 cm³/mol. The molecule has 2 heterocycles. The summed E-state index contributed by atoms with van der Waals surface area (Å²) in [6, 6.07) is 3.56. The van der Waals surface area contributed by atoms with Crippen LogP contribution in [-0.4, -0.2) is 4.98 Å².